The summed E-state index contributed by atoms with van der Waals surface area (Å²) in [5, 5.41) is 3.95. The van der Waals surface area contributed by atoms with Gasteiger partial charge in [-0.2, -0.15) is 16.9 Å². The second kappa shape index (κ2) is 6.63. The molecule has 1 aromatic rings. The van der Waals surface area contributed by atoms with Gasteiger partial charge in [-0.1, -0.05) is 0 Å². The van der Waals surface area contributed by atoms with Crippen LogP contribution in [0.1, 0.15) is 10.5 Å². The van der Waals surface area contributed by atoms with E-state index in [1.54, 1.807) is 10.6 Å². The number of hydrazone groups is 1. The number of thioether (sulfide) groups is 1. The average molecular weight is 281 g/mol. The number of nitrogens with zero attached hydrogens (tertiary/aromatic N) is 3. The summed E-state index contributed by atoms with van der Waals surface area (Å²) in [6.45, 7) is 2.65. The van der Waals surface area contributed by atoms with Gasteiger partial charge in [-0.25, -0.2) is 5.43 Å². The number of amides is 1. The molecular formula is C12H19N5OS. The SMILES string of the molecule is Cn1cccc1C(=O)NN=C(N)CN1CCSCC1. The second-order valence-electron chi connectivity index (χ2n) is 4.44. The standard InChI is InChI=1S/C12H19N5OS/c1-16-4-2-3-10(16)12(18)15-14-11(13)9-17-5-7-19-8-6-17/h2-4H,5-9H2,1H3,(H2,13,14)(H,15,18). The van der Waals surface area contributed by atoms with Crippen LogP contribution in [0.3, 0.4) is 0 Å². The van der Waals surface area contributed by atoms with Gasteiger partial charge in [0.2, 0.25) is 0 Å². The highest BCUT2D eigenvalue weighted by Crippen LogP contribution is 2.08. The van der Waals surface area contributed by atoms with E-state index in [-0.39, 0.29) is 5.91 Å². The highest BCUT2D eigenvalue weighted by atomic mass is 32.2. The van der Waals surface area contributed by atoms with Crippen LogP contribution in [0.25, 0.3) is 0 Å². The Balaban J connectivity index is 1.84. The van der Waals surface area contributed by atoms with Crippen LogP contribution in [0.2, 0.25) is 0 Å². The molecule has 7 heteroatoms. The van der Waals surface area contributed by atoms with E-state index in [0.29, 0.717) is 18.1 Å². The Bertz CT molecular complexity index is 464. The highest BCUT2D eigenvalue weighted by Gasteiger charge is 2.12. The summed E-state index contributed by atoms with van der Waals surface area (Å²) in [5.74, 6) is 2.45. The smallest absolute Gasteiger partial charge is 0.288 e. The predicted octanol–water partition coefficient (Wildman–Crippen LogP) is 0.0759. The Morgan fingerprint density at radius 1 is 1.53 bits per heavy atom. The van der Waals surface area contributed by atoms with Gasteiger partial charge in [0.15, 0.2) is 0 Å². The zero-order chi connectivity index (χ0) is 13.7. The summed E-state index contributed by atoms with van der Waals surface area (Å²) < 4.78 is 1.74. The number of hydrogen-bond acceptors (Lipinski definition) is 4. The number of nitrogens with two attached hydrogens (primary N) is 1. The van der Waals surface area contributed by atoms with E-state index in [0.717, 1.165) is 24.6 Å². The van der Waals surface area contributed by atoms with Crippen LogP contribution < -0.4 is 11.2 Å². The summed E-state index contributed by atoms with van der Waals surface area (Å²) in [6, 6.07) is 3.55. The number of hydrogen-bond donors (Lipinski definition) is 2. The minimum Gasteiger partial charge on any atom is -0.385 e. The third-order valence-corrected chi connectivity index (χ3v) is 3.91. The third kappa shape index (κ3) is 4.00. The molecule has 6 nitrogen and oxygen atoms in total. The third-order valence-electron chi connectivity index (χ3n) is 2.97. The first-order valence-electron chi connectivity index (χ1n) is 6.20. The molecule has 0 radical (unpaired) electrons. The largest absolute Gasteiger partial charge is 0.385 e. The first-order chi connectivity index (χ1) is 9.16. The fourth-order valence-electron chi connectivity index (χ4n) is 1.90. The van der Waals surface area contributed by atoms with Crippen molar-refractivity contribution in [1.29, 1.82) is 0 Å². The minimum absolute atomic E-state index is 0.246. The van der Waals surface area contributed by atoms with Crippen LogP contribution in [0.5, 0.6) is 0 Å². The molecule has 0 spiro atoms. The second-order valence-corrected chi connectivity index (χ2v) is 5.66. The molecule has 104 valence electrons. The first kappa shape index (κ1) is 14.0. The molecule has 1 aliphatic heterocycles. The zero-order valence-corrected chi connectivity index (χ0v) is 11.8. The van der Waals surface area contributed by atoms with Crippen molar-refractivity contribution in [3.63, 3.8) is 0 Å². The van der Waals surface area contributed by atoms with E-state index < -0.39 is 0 Å². The van der Waals surface area contributed by atoms with Gasteiger partial charge in [-0.05, 0) is 12.1 Å². The van der Waals surface area contributed by atoms with Crippen molar-refractivity contribution in [1.82, 2.24) is 14.9 Å². The lowest BCUT2D eigenvalue weighted by atomic mass is 10.4. The lowest BCUT2D eigenvalue weighted by molar-refractivity contribution is 0.0946. The van der Waals surface area contributed by atoms with Gasteiger partial charge in [0.1, 0.15) is 11.5 Å². The number of carbonyl (C=O) groups is 1. The van der Waals surface area contributed by atoms with Gasteiger partial charge in [-0.3, -0.25) is 9.69 Å². The molecule has 0 atom stereocenters. The Morgan fingerprint density at radius 3 is 2.89 bits per heavy atom. The van der Waals surface area contributed by atoms with E-state index in [4.69, 9.17) is 5.73 Å². The summed E-state index contributed by atoms with van der Waals surface area (Å²) in [6.07, 6.45) is 1.81. The van der Waals surface area contributed by atoms with Gasteiger partial charge >= 0.3 is 0 Å². The summed E-state index contributed by atoms with van der Waals surface area (Å²) in [4.78, 5) is 14.1. The molecule has 1 saturated heterocycles. The molecule has 0 aliphatic carbocycles. The molecule has 0 bridgehead atoms. The van der Waals surface area contributed by atoms with Gasteiger partial charge in [0.05, 0.1) is 6.54 Å². The van der Waals surface area contributed by atoms with Crippen LogP contribution in [0, 0.1) is 0 Å². The Labute approximate surface area is 117 Å². The quantitative estimate of drug-likeness (QED) is 0.465. The molecule has 0 unspecified atom stereocenters. The van der Waals surface area contributed by atoms with Crippen LogP contribution in [0.15, 0.2) is 23.4 Å². The Hall–Kier alpha value is -1.47. The molecule has 0 aromatic carbocycles. The van der Waals surface area contributed by atoms with Gasteiger partial charge in [0, 0.05) is 37.8 Å². The molecule has 1 fully saturated rings. The van der Waals surface area contributed by atoms with Crippen molar-refractivity contribution in [2.75, 3.05) is 31.1 Å². The van der Waals surface area contributed by atoms with Gasteiger partial charge < -0.3 is 10.3 Å². The molecule has 2 rings (SSSR count). The topological polar surface area (TPSA) is 75.6 Å². The fourth-order valence-corrected chi connectivity index (χ4v) is 2.88. The maximum absolute atomic E-state index is 11.8. The van der Waals surface area contributed by atoms with Crippen molar-refractivity contribution in [2.45, 2.75) is 0 Å². The summed E-state index contributed by atoms with van der Waals surface area (Å²) >= 11 is 1.95. The van der Waals surface area contributed by atoms with Crippen LogP contribution in [-0.4, -0.2) is 52.3 Å². The Kier molecular flexibility index (Phi) is 4.86. The zero-order valence-electron chi connectivity index (χ0n) is 11.0. The monoisotopic (exact) mass is 281 g/mol. The molecule has 0 saturated carbocycles. The normalized spacial score (nSPS) is 17.4. The number of amidine groups is 1. The highest BCUT2D eigenvalue weighted by molar-refractivity contribution is 7.99. The number of nitrogens with one attached hydrogen (secondary N) is 1. The maximum Gasteiger partial charge on any atom is 0.288 e. The summed E-state index contributed by atoms with van der Waals surface area (Å²) in [5.41, 5.74) is 8.87. The van der Waals surface area contributed by atoms with Gasteiger partial charge in [-0.15, -0.1) is 0 Å². The van der Waals surface area contributed by atoms with Gasteiger partial charge in [0.25, 0.3) is 5.91 Å². The molecule has 1 amide bonds. The Morgan fingerprint density at radius 2 is 2.26 bits per heavy atom. The molecule has 2 heterocycles. The lowest BCUT2D eigenvalue weighted by Gasteiger charge is -2.25. The molecule has 19 heavy (non-hydrogen) atoms. The van der Waals surface area contributed by atoms with Crippen molar-refractivity contribution in [3.05, 3.63) is 24.0 Å². The summed E-state index contributed by atoms with van der Waals surface area (Å²) in [7, 11) is 1.81. The van der Waals surface area contributed by atoms with E-state index in [9.17, 15) is 4.79 Å². The van der Waals surface area contributed by atoms with Crippen LogP contribution >= 0.6 is 11.8 Å². The van der Waals surface area contributed by atoms with Crippen molar-refractivity contribution < 1.29 is 4.79 Å². The van der Waals surface area contributed by atoms with Crippen LogP contribution in [-0.2, 0) is 7.05 Å². The molecular weight excluding hydrogens is 262 g/mol. The predicted molar refractivity (Wildman–Crippen MR) is 78.3 cm³/mol. The number of carbonyl (C=O) groups excluding carboxylic acids is 1. The van der Waals surface area contributed by atoms with Crippen molar-refractivity contribution in [2.24, 2.45) is 17.9 Å². The number of rotatable bonds is 4. The van der Waals surface area contributed by atoms with Crippen molar-refractivity contribution >= 4 is 23.5 Å². The lowest BCUT2D eigenvalue weighted by Crippen LogP contribution is -2.40. The number of aromatic nitrogens is 1. The molecule has 3 N–H and O–H groups in total. The minimum atomic E-state index is -0.246. The number of aryl methyl sites for hydroxylation is 1. The first-order valence-corrected chi connectivity index (χ1v) is 7.36. The van der Waals surface area contributed by atoms with E-state index >= 15 is 0 Å². The van der Waals surface area contributed by atoms with E-state index in [1.165, 1.54) is 0 Å². The molecule has 1 aromatic heterocycles. The van der Waals surface area contributed by atoms with Crippen LogP contribution in [0.4, 0.5) is 0 Å². The van der Waals surface area contributed by atoms with Crippen molar-refractivity contribution in [3.8, 4) is 0 Å². The maximum atomic E-state index is 11.8. The fraction of sp³-hybridized carbons (Fsp3) is 0.500. The van der Waals surface area contributed by atoms with E-state index in [1.807, 2.05) is 31.1 Å². The average Bonchev–Trinajstić information content (AvgIpc) is 2.83. The molecule has 1 aliphatic rings. The van der Waals surface area contributed by atoms with E-state index in [2.05, 4.69) is 15.4 Å².